The summed E-state index contributed by atoms with van der Waals surface area (Å²) in [5.74, 6) is -0.112. The van der Waals surface area contributed by atoms with E-state index in [4.69, 9.17) is 9.72 Å². The monoisotopic (exact) mass is 578 g/mol. The molecule has 210 valence electrons. The molecule has 0 aliphatic carbocycles. The number of ether oxygens (including phenoxy) is 1. The van der Waals surface area contributed by atoms with Gasteiger partial charge in [-0.05, 0) is 61.4 Å². The lowest BCUT2D eigenvalue weighted by Crippen LogP contribution is -2.46. The van der Waals surface area contributed by atoms with E-state index in [2.05, 4.69) is 34.1 Å². The van der Waals surface area contributed by atoms with Crippen molar-refractivity contribution in [2.24, 2.45) is 0 Å². The van der Waals surface area contributed by atoms with E-state index in [1.807, 2.05) is 32.0 Å². The Morgan fingerprint density at radius 3 is 2.20 bits per heavy atom. The lowest BCUT2D eigenvalue weighted by atomic mass is 10.2. The maximum Gasteiger partial charge on any atom is 0.343 e. The summed E-state index contributed by atoms with van der Waals surface area (Å²) >= 11 is 1.59. The Bertz CT molecular complexity index is 1540. The molecule has 1 aromatic heterocycles. The number of hydrogen-bond acceptors (Lipinski definition) is 8. The third-order valence-corrected chi connectivity index (χ3v) is 9.90. The predicted octanol–water partition coefficient (Wildman–Crippen LogP) is 5.65. The Balaban J connectivity index is 1.23. The number of para-hydroxylation sites is 1. The van der Waals surface area contributed by atoms with Gasteiger partial charge in [-0.1, -0.05) is 43.4 Å². The summed E-state index contributed by atoms with van der Waals surface area (Å²) in [4.78, 5) is 22.5. The summed E-state index contributed by atoms with van der Waals surface area (Å²) in [5, 5.41) is 0.961. The number of hydrogen-bond donors (Lipinski definition) is 0. The molecule has 2 heterocycles. The van der Waals surface area contributed by atoms with Crippen LogP contribution >= 0.6 is 11.3 Å². The molecule has 4 aromatic rings. The summed E-state index contributed by atoms with van der Waals surface area (Å²) in [5.41, 5.74) is 2.39. The van der Waals surface area contributed by atoms with E-state index in [0.29, 0.717) is 18.8 Å². The van der Waals surface area contributed by atoms with Crippen LogP contribution in [-0.4, -0.2) is 62.9 Å². The van der Waals surface area contributed by atoms with Gasteiger partial charge in [0.15, 0.2) is 5.13 Å². The van der Waals surface area contributed by atoms with Crippen LogP contribution in [0.4, 0.5) is 10.8 Å². The number of benzene rings is 3. The lowest BCUT2D eigenvalue weighted by molar-refractivity contribution is 0.0735. The fourth-order valence-electron chi connectivity index (χ4n) is 4.82. The fourth-order valence-corrected chi connectivity index (χ4v) is 7.48. The smallest absolute Gasteiger partial charge is 0.343 e. The van der Waals surface area contributed by atoms with Crippen molar-refractivity contribution < 1.29 is 17.9 Å². The van der Waals surface area contributed by atoms with Gasteiger partial charge in [0.05, 0.1) is 20.7 Å². The van der Waals surface area contributed by atoms with E-state index in [9.17, 15) is 13.2 Å². The zero-order valence-electron chi connectivity index (χ0n) is 22.8. The molecule has 0 atom stereocenters. The van der Waals surface area contributed by atoms with Crippen molar-refractivity contribution in [3.8, 4) is 5.75 Å². The van der Waals surface area contributed by atoms with Crippen LogP contribution in [-0.2, 0) is 10.0 Å². The number of anilines is 2. The van der Waals surface area contributed by atoms with Crippen molar-refractivity contribution in [3.05, 3.63) is 78.4 Å². The van der Waals surface area contributed by atoms with Gasteiger partial charge in [0.2, 0.25) is 10.0 Å². The third kappa shape index (κ3) is 6.14. The molecule has 1 aliphatic heterocycles. The van der Waals surface area contributed by atoms with Crippen LogP contribution in [0.15, 0.2) is 77.7 Å². The van der Waals surface area contributed by atoms with Crippen LogP contribution in [0.5, 0.6) is 5.75 Å². The van der Waals surface area contributed by atoms with Crippen molar-refractivity contribution in [2.45, 2.75) is 31.6 Å². The Hall–Kier alpha value is -3.47. The highest BCUT2D eigenvalue weighted by atomic mass is 32.2. The fraction of sp³-hybridized carbons (Fsp3) is 0.333. The first-order valence-electron chi connectivity index (χ1n) is 13.7. The number of sulfonamides is 1. The molecule has 0 amide bonds. The number of nitrogens with zero attached hydrogens (tertiary/aromatic N) is 4. The van der Waals surface area contributed by atoms with Crippen LogP contribution < -0.4 is 14.5 Å². The zero-order chi connectivity index (χ0) is 28.1. The topological polar surface area (TPSA) is 83.0 Å². The molecule has 3 aromatic carbocycles. The summed E-state index contributed by atoms with van der Waals surface area (Å²) < 4.78 is 34.1. The van der Waals surface area contributed by atoms with Gasteiger partial charge in [-0.2, -0.15) is 4.31 Å². The Morgan fingerprint density at radius 2 is 1.55 bits per heavy atom. The highest BCUT2D eigenvalue weighted by Gasteiger charge is 2.24. The summed E-state index contributed by atoms with van der Waals surface area (Å²) in [6.07, 6.45) is 1.47. The van der Waals surface area contributed by atoms with Crippen LogP contribution in [0.2, 0.25) is 0 Å². The normalized spacial score (nSPS) is 14.2. The molecule has 0 unspecified atom stereocenters. The first-order valence-corrected chi connectivity index (χ1v) is 15.9. The molecule has 1 aliphatic rings. The van der Waals surface area contributed by atoms with Crippen molar-refractivity contribution in [1.29, 1.82) is 0 Å². The average Bonchev–Trinajstić information content (AvgIpc) is 3.41. The van der Waals surface area contributed by atoms with Crippen LogP contribution in [0, 0.1) is 0 Å². The highest BCUT2D eigenvalue weighted by molar-refractivity contribution is 7.89. The number of rotatable bonds is 10. The zero-order valence-corrected chi connectivity index (χ0v) is 24.5. The molecule has 8 nitrogen and oxygen atoms in total. The van der Waals surface area contributed by atoms with Crippen molar-refractivity contribution in [3.63, 3.8) is 0 Å². The number of esters is 1. The van der Waals surface area contributed by atoms with Gasteiger partial charge >= 0.3 is 5.97 Å². The molecule has 0 bridgehead atoms. The maximum absolute atomic E-state index is 13.0. The van der Waals surface area contributed by atoms with E-state index in [1.54, 1.807) is 17.4 Å². The first-order chi connectivity index (χ1) is 19.4. The molecular weight excluding hydrogens is 544 g/mol. The van der Waals surface area contributed by atoms with E-state index < -0.39 is 16.0 Å². The number of carbonyl (C=O) groups excluding carboxylic acids is 1. The van der Waals surface area contributed by atoms with Gasteiger partial charge in [-0.3, -0.25) is 0 Å². The van der Waals surface area contributed by atoms with Gasteiger partial charge < -0.3 is 14.5 Å². The van der Waals surface area contributed by atoms with Gasteiger partial charge in [-0.25, -0.2) is 18.2 Å². The number of piperazine rings is 1. The minimum Gasteiger partial charge on any atom is -0.423 e. The minimum atomic E-state index is -3.61. The largest absolute Gasteiger partial charge is 0.423 e. The van der Waals surface area contributed by atoms with E-state index in [-0.39, 0.29) is 10.5 Å². The average molecular weight is 579 g/mol. The van der Waals surface area contributed by atoms with E-state index in [1.165, 1.54) is 34.3 Å². The third-order valence-electron chi connectivity index (χ3n) is 6.90. The van der Waals surface area contributed by atoms with Gasteiger partial charge in [0.1, 0.15) is 5.75 Å². The molecule has 40 heavy (non-hydrogen) atoms. The molecule has 5 rings (SSSR count). The second-order valence-electron chi connectivity index (χ2n) is 9.75. The number of fused-ring (bicyclic) bond motifs is 1. The summed E-state index contributed by atoms with van der Waals surface area (Å²) in [7, 11) is -3.61. The van der Waals surface area contributed by atoms with Gasteiger partial charge in [0, 0.05) is 51.0 Å². The molecule has 0 N–H and O–H groups in total. The summed E-state index contributed by atoms with van der Waals surface area (Å²) in [6, 6.07) is 21.8. The van der Waals surface area contributed by atoms with Crippen molar-refractivity contribution >= 4 is 48.4 Å². The van der Waals surface area contributed by atoms with Crippen molar-refractivity contribution in [1.82, 2.24) is 9.29 Å². The molecule has 1 fully saturated rings. The molecule has 0 radical (unpaired) electrons. The maximum atomic E-state index is 13.0. The standard InChI is InChI=1S/C30H34N4O4S2/c1-3-16-34(17-4-2)40(36,37)26-13-10-23(11-14-26)29(35)38-25-12-15-27-28(22-25)39-30(31-27)33-20-18-32(19-21-33)24-8-6-5-7-9-24/h5-15,22H,3-4,16-21H2,1-2H3. The molecular formula is C30H34N4O4S2. The number of carbonyl (C=O) groups is 1. The number of thiazole rings is 1. The molecule has 10 heteroatoms. The highest BCUT2D eigenvalue weighted by Crippen LogP contribution is 2.32. The van der Waals surface area contributed by atoms with Gasteiger partial charge in [0.25, 0.3) is 0 Å². The predicted molar refractivity (Wildman–Crippen MR) is 161 cm³/mol. The van der Waals surface area contributed by atoms with E-state index >= 15 is 0 Å². The second-order valence-corrected chi connectivity index (χ2v) is 12.7. The molecule has 0 saturated carbocycles. The Morgan fingerprint density at radius 1 is 0.900 bits per heavy atom. The first kappa shape index (κ1) is 28.1. The van der Waals surface area contributed by atoms with Crippen LogP contribution in [0.1, 0.15) is 37.0 Å². The number of aromatic nitrogens is 1. The second kappa shape index (κ2) is 12.4. The molecule has 0 spiro atoms. The lowest BCUT2D eigenvalue weighted by Gasteiger charge is -2.35. The Labute approximate surface area is 239 Å². The minimum absolute atomic E-state index is 0.175. The van der Waals surface area contributed by atoms with E-state index in [0.717, 1.165) is 54.4 Å². The van der Waals surface area contributed by atoms with Crippen LogP contribution in [0.3, 0.4) is 0 Å². The van der Waals surface area contributed by atoms with Crippen LogP contribution in [0.25, 0.3) is 10.2 Å². The van der Waals surface area contributed by atoms with Gasteiger partial charge in [-0.15, -0.1) is 0 Å². The Kier molecular flexibility index (Phi) is 8.68. The summed E-state index contributed by atoms with van der Waals surface area (Å²) in [6.45, 7) is 8.46. The van der Waals surface area contributed by atoms with Crippen molar-refractivity contribution in [2.75, 3.05) is 49.1 Å². The quantitative estimate of drug-likeness (QED) is 0.178. The molecule has 1 saturated heterocycles. The SMILES string of the molecule is CCCN(CCC)S(=O)(=O)c1ccc(C(=O)Oc2ccc3nc(N4CCN(c5ccccc5)CC4)sc3c2)cc1.